The first-order valence-electron chi connectivity index (χ1n) is 7.72. The molecule has 2 rings (SSSR count). The van der Waals surface area contributed by atoms with Crippen LogP contribution in [0.15, 0.2) is 23.1 Å². The molecule has 3 nitrogen and oxygen atoms in total. The molecule has 0 saturated heterocycles. The molecule has 0 radical (unpaired) electrons. The quantitative estimate of drug-likeness (QED) is 0.645. The van der Waals surface area contributed by atoms with Gasteiger partial charge in [0, 0.05) is 12.1 Å². The highest BCUT2D eigenvalue weighted by Crippen LogP contribution is 2.33. The van der Waals surface area contributed by atoms with Gasteiger partial charge in [0.1, 0.15) is 5.82 Å². The lowest BCUT2D eigenvalue weighted by Gasteiger charge is -2.29. The maximum Gasteiger partial charge on any atom is 0.178 e. The third kappa shape index (κ3) is 4.04. The standard InChI is InChI=1S/C16H24FNO2S/c1-3-4-5-6-12(2)18-15-9-10-21(19,20)16-8-7-13(17)11-14(15)16/h7-8,11-12,15,18H,3-6,9-10H2,1-2H3. The van der Waals surface area contributed by atoms with Crippen molar-refractivity contribution in [3.63, 3.8) is 0 Å². The Morgan fingerprint density at radius 2 is 2.14 bits per heavy atom. The second-order valence-electron chi connectivity index (χ2n) is 5.91. The van der Waals surface area contributed by atoms with Crippen LogP contribution in [0.3, 0.4) is 0 Å². The highest BCUT2D eigenvalue weighted by molar-refractivity contribution is 7.91. The minimum atomic E-state index is -3.26. The van der Waals surface area contributed by atoms with Crippen molar-refractivity contribution in [2.24, 2.45) is 0 Å². The molecule has 0 amide bonds. The van der Waals surface area contributed by atoms with E-state index in [-0.39, 0.29) is 22.5 Å². The second kappa shape index (κ2) is 6.88. The number of fused-ring (bicyclic) bond motifs is 1. The number of nitrogens with one attached hydrogen (secondary N) is 1. The minimum Gasteiger partial charge on any atom is -0.307 e. The van der Waals surface area contributed by atoms with Crippen molar-refractivity contribution in [3.8, 4) is 0 Å². The number of halogens is 1. The van der Waals surface area contributed by atoms with E-state index in [4.69, 9.17) is 0 Å². The molecule has 0 aliphatic carbocycles. The normalized spacial score (nSPS) is 21.8. The van der Waals surface area contributed by atoms with Crippen molar-refractivity contribution < 1.29 is 12.8 Å². The van der Waals surface area contributed by atoms with Gasteiger partial charge < -0.3 is 5.32 Å². The van der Waals surface area contributed by atoms with Crippen molar-refractivity contribution in [2.45, 2.75) is 62.9 Å². The zero-order chi connectivity index (χ0) is 15.5. The summed E-state index contributed by atoms with van der Waals surface area (Å²) >= 11 is 0. The van der Waals surface area contributed by atoms with E-state index in [2.05, 4.69) is 19.2 Å². The maximum absolute atomic E-state index is 13.5. The predicted molar refractivity (Wildman–Crippen MR) is 82.6 cm³/mol. The van der Waals surface area contributed by atoms with Crippen LogP contribution >= 0.6 is 0 Å². The van der Waals surface area contributed by atoms with E-state index < -0.39 is 9.84 Å². The van der Waals surface area contributed by atoms with Crippen LogP contribution in [0.5, 0.6) is 0 Å². The van der Waals surface area contributed by atoms with Gasteiger partial charge in [-0.25, -0.2) is 12.8 Å². The van der Waals surface area contributed by atoms with Gasteiger partial charge in [0.2, 0.25) is 0 Å². The van der Waals surface area contributed by atoms with E-state index in [0.717, 1.165) is 12.8 Å². The highest BCUT2D eigenvalue weighted by atomic mass is 32.2. The fourth-order valence-electron chi connectivity index (χ4n) is 2.91. The predicted octanol–water partition coefficient (Wildman–Crippen LogP) is 3.60. The number of sulfone groups is 1. The molecule has 1 aliphatic heterocycles. The molecule has 0 fully saturated rings. The van der Waals surface area contributed by atoms with Gasteiger partial charge >= 0.3 is 0 Å². The smallest absolute Gasteiger partial charge is 0.178 e. The van der Waals surface area contributed by atoms with Crippen LogP contribution in [-0.2, 0) is 9.84 Å². The van der Waals surface area contributed by atoms with Gasteiger partial charge in [-0.05, 0) is 43.5 Å². The first-order chi connectivity index (χ1) is 9.94. The Balaban J connectivity index is 2.14. The van der Waals surface area contributed by atoms with Crippen LogP contribution in [0.1, 0.15) is 57.6 Å². The molecule has 1 N–H and O–H groups in total. The Morgan fingerprint density at radius 1 is 1.38 bits per heavy atom. The van der Waals surface area contributed by atoms with Crippen molar-refractivity contribution in [2.75, 3.05) is 5.75 Å². The summed E-state index contributed by atoms with van der Waals surface area (Å²) in [5.74, 6) is -0.248. The summed E-state index contributed by atoms with van der Waals surface area (Å²) in [6.07, 6.45) is 5.11. The minimum absolute atomic E-state index is 0.0733. The van der Waals surface area contributed by atoms with Gasteiger partial charge in [-0.2, -0.15) is 0 Å². The van der Waals surface area contributed by atoms with Gasteiger partial charge in [-0.1, -0.05) is 26.2 Å². The topological polar surface area (TPSA) is 46.2 Å². The van der Waals surface area contributed by atoms with Crippen LogP contribution < -0.4 is 5.32 Å². The summed E-state index contributed by atoms with van der Waals surface area (Å²) in [4.78, 5) is 0.286. The first-order valence-corrected chi connectivity index (χ1v) is 9.37. The molecule has 1 aromatic rings. The molecule has 2 unspecified atom stereocenters. The van der Waals surface area contributed by atoms with Crippen molar-refractivity contribution in [1.82, 2.24) is 5.32 Å². The largest absolute Gasteiger partial charge is 0.307 e. The maximum atomic E-state index is 13.5. The molecule has 0 saturated carbocycles. The highest BCUT2D eigenvalue weighted by Gasteiger charge is 2.31. The van der Waals surface area contributed by atoms with E-state index in [0.29, 0.717) is 18.0 Å². The molecule has 5 heteroatoms. The van der Waals surface area contributed by atoms with Gasteiger partial charge in [0.25, 0.3) is 0 Å². The summed E-state index contributed by atoms with van der Waals surface area (Å²) in [5, 5.41) is 3.47. The van der Waals surface area contributed by atoms with Gasteiger partial charge in [0.15, 0.2) is 9.84 Å². The molecule has 1 aromatic carbocycles. The van der Waals surface area contributed by atoms with Gasteiger partial charge in [0.05, 0.1) is 10.6 Å². The average molecular weight is 313 g/mol. The molecule has 118 valence electrons. The lowest BCUT2D eigenvalue weighted by Crippen LogP contribution is -2.35. The van der Waals surface area contributed by atoms with E-state index in [1.165, 1.54) is 31.0 Å². The Kier molecular flexibility index (Phi) is 5.38. The molecule has 21 heavy (non-hydrogen) atoms. The number of benzene rings is 1. The lowest BCUT2D eigenvalue weighted by molar-refractivity contribution is 0.404. The number of unbranched alkanes of at least 4 members (excludes halogenated alkanes) is 2. The molecular weight excluding hydrogens is 289 g/mol. The summed E-state index contributed by atoms with van der Waals surface area (Å²) in [5.41, 5.74) is 0.587. The Labute approximate surface area is 126 Å². The zero-order valence-corrected chi connectivity index (χ0v) is 13.5. The fraction of sp³-hybridized carbons (Fsp3) is 0.625. The Bertz CT molecular complexity index is 586. The molecule has 1 heterocycles. The number of rotatable bonds is 6. The van der Waals surface area contributed by atoms with E-state index in [9.17, 15) is 12.8 Å². The Morgan fingerprint density at radius 3 is 2.86 bits per heavy atom. The number of hydrogen-bond donors (Lipinski definition) is 1. The molecule has 0 bridgehead atoms. The molecular formula is C16H24FNO2S. The summed E-state index contributed by atoms with van der Waals surface area (Å²) in [6, 6.07) is 4.22. The van der Waals surface area contributed by atoms with E-state index >= 15 is 0 Å². The average Bonchev–Trinajstić information content (AvgIpc) is 2.42. The monoisotopic (exact) mass is 313 g/mol. The van der Waals surface area contributed by atoms with Crippen molar-refractivity contribution in [3.05, 3.63) is 29.6 Å². The zero-order valence-electron chi connectivity index (χ0n) is 12.7. The first kappa shape index (κ1) is 16.4. The summed E-state index contributed by atoms with van der Waals surface area (Å²) < 4.78 is 37.6. The molecule has 0 aromatic heterocycles. The third-order valence-electron chi connectivity index (χ3n) is 4.08. The van der Waals surface area contributed by atoms with E-state index in [1.807, 2.05) is 0 Å². The van der Waals surface area contributed by atoms with Crippen LogP contribution in [-0.4, -0.2) is 20.2 Å². The third-order valence-corrected chi connectivity index (χ3v) is 5.90. The lowest BCUT2D eigenvalue weighted by atomic mass is 10.0. The van der Waals surface area contributed by atoms with Crippen LogP contribution in [0.2, 0.25) is 0 Å². The van der Waals surface area contributed by atoms with Crippen LogP contribution in [0, 0.1) is 5.82 Å². The fourth-order valence-corrected chi connectivity index (χ4v) is 4.52. The molecule has 2 atom stereocenters. The van der Waals surface area contributed by atoms with Crippen molar-refractivity contribution >= 4 is 9.84 Å². The summed E-state index contributed by atoms with van der Waals surface area (Å²) in [7, 11) is -3.26. The van der Waals surface area contributed by atoms with Gasteiger partial charge in [-0.3, -0.25) is 0 Å². The molecule has 1 aliphatic rings. The van der Waals surface area contributed by atoms with E-state index in [1.54, 1.807) is 0 Å². The second-order valence-corrected chi connectivity index (χ2v) is 7.98. The van der Waals surface area contributed by atoms with Gasteiger partial charge in [-0.15, -0.1) is 0 Å². The Hall–Kier alpha value is -0.940. The van der Waals surface area contributed by atoms with Crippen LogP contribution in [0.4, 0.5) is 4.39 Å². The van der Waals surface area contributed by atoms with Crippen LogP contribution in [0.25, 0.3) is 0 Å². The SMILES string of the molecule is CCCCCC(C)NC1CCS(=O)(=O)c2ccc(F)cc21. The van der Waals surface area contributed by atoms with Crippen molar-refractivity contribution in [1.29, 1.82) is 0 Å². The summed E-state index contributed by atoms with van der Waals surface area (Å²) in [6.45, 7) is 4.28. The number of hydrogen-bond acceptors (Lipinski definition) is 3. The molecule has 0 spiro atoms.